The number of primary amides is 1. The number of carbonyl (C=O) groups is 1. The highest BCUT2D eigenvalue weighted by molar-refractivity contribution is 7.14. The molecule has 5 nitrogen and oxygen atoms in total. The highest BCUT2D eigenvalue weighted by Crippen LogP contribution is 2.33. The van der Waals surface area contributed by atoms with Crippen molar-refractivity contribution in [3.8, 4) is 17.0 Å². The van der Waals surface area contributed by atoms with E-state index in [1.807, 2.05) is 17.5 Å². The Balaban J connectivity index is 1.71. The molecule has 3 aromatic rings. The number of urea groups is 1. The molecule has 0 aliphatic carbocycles. The monoisotopic (exact) mass is 413 g/mol. The average Bonchev–Trinajstić information content (AvgIpc) is 3.19. The quantitative estimate of drug-likeness (QED) is 0.429. The molecule has 1 aromatic heterocycles. The zero-order chi connectivity index (χ0) is 20.6. The zero-order valence-corrected chi connectivity index (χ0v) is 17.1. The van der Waals surface area contributed by atoms with Crippen molar-refractivity contribution in [2.24, 2.45) is 5.73 Å². The van der Waals surface area contributed by atoms with Crippen LogP contribution in [0.4, 0.5) is 20.0 Å². The van der Waals surface area contributed by atoms with Crippen LogP contribution in [0.15, 0.2) is 53.9 Å². The lowest BCUT2D eigenvalue weighted by Gasteiger charge is -2.17. The number of carbonyl (C=O) groups excluding carboxylic acids is 1. The second-order valence-electron chi connectivity index (χ2n) is 6.60. The molecule has 0 fully saturated rings. The van der Waals surface area contributed by atoms with Gasteiger partial charge in [-0.2, -0.15) is 0 Å². The lowest BCUT2D eigenvalue weighted by Crippen LogP contribution is -2.31. The summed E-state index contributed by atoms with van der Waals surface area (Å²) in [6.45, 7) is 2.85. The Morgan fingerprint density at radius 1 is 1.10 bits per heavy atom. The van der Waals surface area contributed by atoms with Crippen LogP contribution in [-0.2, 0) is 0 Å². The van der Waals surface area contributed by atoms with Crippen molar-refractivity contribution < 1.29 is 13.9 Å². The normalized spacial score (nSPS) is 10.7. The third-order valence-corrected chi connectivity index (χ3v) is 5.23. The van der Waals surface area contributed by atoms with Crippen LogP contribution in [0.5, 0.6) is 5.75 Å². The number of ether oxygens (including phenoxy) is 1. The molecule has 0 bridgehead atoms. The predicted molar refractivity (Wildman–Crippen MR) is 115 cm³/mol. The summed E-state index contributed by atoms with van der Waals surface area (Å²) < 4.78 is 18.9. The Morgan fingerprint density at radius 2 is 1.83 bits per heavy atom. The van der Waals surface area contributed by atoms with E-state index in [-0.39, 0.29) is 5.82 Å². The first-order valence-corrected chi connectivity index (χ1v) is 10.5. The van der Waals surface area contributed by atoms with Crippen molar-refractivity contribution in [2.75, 3.05) is 11.5 Å². The number of benzene rings is 2. The molecule has 0 radical (unpaired) electrons. The second-order valence-corrected chi connectivity index (χ2v) is 7.44. The molecule has 0 spiro atoms. The number of hydrogen-bond acceptors (Lipinski definition) is 4. The molecule has 2 aromatic carbocycles. The molecular formula is C22H24FN3O2S. The Morgan fingerprint density at radius 3 is 2.48 bits per heavy atom. The first-order chi connectivity index (χ1) is 14.1. The van der Waals surface area contributed by atoms with Gasteiger partial charge in [0.05, 0.1) is 18.0 Å². The lowest BCUT2D eigenvalue weighted by molar-refractivity contribution is 0.256. The van der Waals surface area contributed by atoms with Crippen molar-refractivity contribution in [2.45, 2.75) is 32.6 Å². The maximum atomic E-state index is 13.1. The van der Waals surface area contributed by atoms with E-state index in [0.29, 0.717) is 23.1 Å². The Bertz CT molecular complexity index is 926. The molecule has 0 aliphatic rings. The van der Waals surface area contributed by atoms with Gasteiger partial charge in [0, 0.05) is 10.9 Å². The Labute approximate surface area is 174 Å². The van der Waals surface area contributed by atoms with Gasteiger partial charge in [0.1, 0.15) is 11.6 Å². The van der Waals surface area contributed by atoms with E-state index in [9.17, 15) is 9.18 Å². The second kappa shape index (κ2) is 10.0. The van der Waals surface area contributed by atoms with Gasteiger partial charge in [-0.25, -0.2) is 19.1 Å². The van der Waals surface area contributed by atoms with E-state index in [4.69, 9.17) is 10.5 Å². The molecular weight excluding hydrogens is 389 g/mol. The minimum absolute atomic E-state index is 0.310. The van der Waals surface area contributed by atoms with Gasteiger partial charge in [-0.15, -0.1) is 11.3 Å². The van der Waals surface area contributed by atoms with Crippen LogP contribution in [0.3, 0.4) is 0 Å². The fourth-order valence-electron chi connectivity index (χ4n) is 2.86. The standard InChI is InChI=1S/C22H24FN3O2S/c1-2-3-4-5-14-28-19-12-10-18(11-13-19)26(21(24)27)22-25-20(15-29-22)16-6-8-17(23)9-7-16/h6-13,15H,2-5,14H2,1H3,(H2,24,27). The maximum absolute atomic E-state index is 13.1. The zero-order valence-electron chi connectivity index (χ0n) is 16.3. The summed E-state index contributed by atoms with van der Waals surface area (Å²) in [6, 6.07) is 12.6. The molecule has 1 heterocycles. The number of halogens is 1. The highest BCUT2D eigenvalue weighted by atomic mass is 32.1. The average molecular weight is 414 g/mol. The van der Waals surface area contributed by atoms with Crippen molar-refractivity contribution in [1.29, 1.82) is 0 Å². The number of nitrogens with two attached hydrogens (primary N) is 1. The van der Waals surface area contributed by atoms with Crippen LogP contribution in [0, 0.1) is 5.82 Å². The number of nitrogens with zero attached hydrogens (tertiary/aromatic N) is 2. The first-order valence-electron chi connectivity index (χ1n) is 9.62. The van der Waals surface area contributed by atoms with E-state index in [0.717, 1.165) is 24.2 Å². The van der Waals surface area contributed by atoms with E-state index >= 15 is 0 Å². The van der Waals surface area contributed by atoms with Crippen LogP contribution in [0.2, 0.25) is 0 Å². The van der Waals surface area contributed by atoms with Gasteiger partial charge in [0.15, 0.2) is 5.13 Å². The minimum Gasteiger partial charge on any atom is -0.494 e. The summed E-state index contributed by atoms with van der Waals surface area (Å²) >= 11 is 1.29. The fourth-order valence-corrected chi connectivity index (χ4v) is 3.72. The molecule has 2 amide bonds. The first kappa shape index (κ1) is 20.8. The minimum atomic E-state index is -0.627. The van der Waals surface area contributed by atoms with Gasteiger partial charge in [-0.3, -0.25) is 0 Å². The highest BCUT2D eigenvalue weighted by Gasteiger charge is 2.19. The number of rotatable bonds is 9. The molecule has 0 unspecified atom stereocenters. The molecule has 29 heavy (non-hydrogen) atoms. The van der Waals surface area contributed by atoms with E-state index in [1.165, 1.54) is 41.2 Å². The van der Waals surface area contributed by atoms with Crippen LogP contribution in [-0.4, -0.2) is 17.6 Å². The molecule has 0 saturated carbocycles. The van der Waals surface area contributed by atoms with Crippen LogP contribution in [0.25, 0.3) is 11.3 Å². The summed E-state index contributed by atoms with van der Waals surface area (Å²) in [4.78, 5) is 17.9. The lowest BCUT2D eigenvalue weighted by atomic mass is 10.2. The Kier molecular flexibility index (Phi) is 7.19. The summed E-state index contributed by atoms with van der Waals surface area (Å²) in [6.07, 6.45) is 4.58. The number of thiazole rings is 1. The third kappa shape index (κ3) is 5.54. The molecule has 0 saturated heterocycles. The molecule has 0 atom stereocenters. The topological polar surface area (TPSA) is 68.5 Å². The molecule has 152 valence electrons. The largest absolute Gasteiger partial charge is 0.494 e. The van der Waals surface area contributed by atoms with Gasteiger partial charge in [0.2, 0.25) is 0 Å². The smallest absolute Gasteiger partial charge is 0.325 e. The molecule has 0 aliphatic heterocycles. The van der Waals surface area contributed by atoms with Crippen molar-refractivity contribution >= 4 is 28.2 Å². The van der Waals surface area contributed by atoms with E-state index < -0.39 is 6.03 Å². The number of aromatic nitrogens is 1. The van der Waals surface area contributed by atoms with Gasteiger partial charge >= 0.3 is 6.03 Å². The number of amides is 2. The van der Waals surface area contributed by atoms with E-state index in [1.54, 1.807) is 24.3 Å². The predicted octanol–water partition coefficient (Wildman–Crippen LogP) is 6.13. The third-order valence-electron chi connectivity index (χ3n) is 4.41. The van der Waals surface area contributed by atoms with Gasteiger partial charge in [-0.05, 0) is 55.0 Å². The summed E-state index contributed by atoms with van der Waals surface area (Å²) in [7, 11) is 0. The van der Waals surface area contributed by atoms with Crippen molar-refractivity contribution in [3.63, 3.8) is 0 Å². The van der Waals surface area contributed by atoms with Crippen LogP contribution < -0.4 is 15.4 Å². The summed E-state index contributed by atoms with van der Waals surface area (Å²) in [5.41, 5.74) is 7.64. The maximum Gasteiger partial charge on any atom is 0.325 e. The van der Waals surface area contributed by atoms with Gasteiger partial charge < -0.3 is 10.5 Å². The summed E-state index contributed by atoms with van der Waals surface area (Å²) in [5.74, 6) is 0.441. The fraction of sp³-hybridized carbons (Fsp3) is 0.273. The van der Waals surface area contributed by atoms with Gasteiger partial charge in [0.25, 0.3) is 0 Å². The number of anilines is 2. The SMILES string of the molecule is CCCCCCOc1ccc(N(C(N)=O)c2nc(-c3ccc(F)cc3)cs2)cc1. The number of unbranched alkanes of at least 4 members (excludes halogenated alkanes) is 3. The Hall–Kier alpha value is -2.93. The number of hydrogen-bond donors (Lipinski definition) is 1. The van der Waals surface area contributed by atoms with E-state index in [2.05, 4.69) is 11.9 Å². The van der Waals surface area contributed by atoms with Crippen molar-refractivity contribution in [1.82, 2.24) is 4.98 Å². The molecule has 2 N–H and O–H groups in total. The van der Waals surface area contributed by atoms with Crippen molar-refractivity contribution in [3.05, 3.63) is 59.7 Å². The molecule has 3 rings (SSSR count). The molecule has 7 heteroatoms. The van der Waals surface area contributed by atoms with Crippen LogP contribution >= 0.6 is 11.3 Å². The summed E-state index contributed by atoms with van der Waals surface area (Å²) in [5, 5.41) is 2.26. The van der Waals surface area contributed by atoms with Gasteiger partial charge in [-0.1, -0.05) is 26.2 Å². The van der Waals surface area contributed by atoms with Crippen LogP contribution in [0.1, 0.15) is 32.6 Å².